The number of piperidine rings is 1. The fourth-order valence-corrected chi connectivity index (χ4v) is 3.18. The molecular formula is C20H21F2NO3. The second kappa shape index (κ2) is 7.83. The van der Waals surface area contributed by atoms with Crippen molar-refractivity contribution < 1.29 is 23.0 Å². The van der Waals surface area contributed by atoms with E-state index in [1.54, 1.807) is 7.11 Å². The highest BCUT2D eigenvalue weighted by atomic mass is 19.1. The predicted octanol–water partition coefficient (Wildman–Crippen LogP) is 3.67. The smallest absolute Gasteiger partial charge is 0.256 e. The maximum Gasteiger partial charge on any atom is 0.256 e. The Hall–Kier alpha value is -2.47. The number of amides is 1. The summed E-state index contributed by atoms with van der Waals surface area (Å²) in [6, 6.07) is 12.3. The van der Waals surface area contributed by atoms with E-state index in [1.807, 2.05) is 30.3 Å². The van der Waals surface area contributed by atoms with E-state index in [1.165, 1.54) is 11.0 Å². The van der Waals surface area contributed by atoms with Gasteiger partial charge in [0.05, 0.1) is 12.1 Å². The molecule has 0 aliphatic carbocycles. The molecule has 1 aliphatic rings. The molecule has 0 spiro atoms. The highest BCUT2D eigenvalue weighted by Crippen LogP contribution is 2.27. The molecule has 1 aliphatic heterocycles. The Balaban J connectivity index is 1.72. The molecule has 1 unspecified atom stereocenters. The molecule has 2 aromatic rings. The zero-order valence-corrected chi connectivity index (χ0v) is 14.6. The third-order valence-corrected chi connectivity index (χ3v) is 4.67. The summed E-state index contributed by atoms with van der Waals surface area (Å²) in [7, 11) is 1.58. The van der Waals surface area contributed by atoms with E-state index in [9.17, 15) is 13.6 Å². The number of nitrogens with zero attached hydrogens (tertiary/aromatic N) is 1. The first-order chi connectivity index (χ1) is 12.5. The van der Waals surface area contributed by atoms with Crippen LogP contribution >= 0.6 is 0 Å². The van der Waals surface area contributed by atoms with Gasteiger partial charge in [0.15, 0.2) is 0 Å². The van der Waals surface area contributed by atoms with Crippen molar-refractivity contribution in [1.29, 1.82) is 0 Å². The summed E-state index contributed by atoms with van der Waals surface area (Å²) in [5.41, 5.74) is -0.803. The lowest BCUT2D eigenvalue weighted by molar-refractivity contribution is -0.0825. The highest BCUT2D eigenvalue weighted by molar-refractivity contribution is 5.94. The van der Waals surface area contributed by atoms with Crippen LogP contribution in [0.5, 0.6) is 5.75 Å². The van der Waals surface area contributed by atoms with Crippen LogP contribution in [0.25, 0.3) is 0 Å². The minimum atomic E-state index is -0.857. The maximum atomic E-state index is 14.0. The molecule has 2 aromatic carbocycles. The lowest BCUT2D eigenvalue weighted by atomic mass is 9.92. The molecule has 6 heteroatoms. The van der Waals surface area contributed by atoms with Gasteiger partial charge >= 0.3 is 0 Å². The highest BCUT2D eigenvalue weighted by Gasteiger charge is 2.39. The van der Waals surface area contributed by atoms with Gasteiger partial charge in [0, 0.05) is 19.7 Å². The van der Waals surface area contributed by atoms with Crippen molar-refractivity contribution in [3.8, 4) is 5.75 Å². The fraction of sp³-hybridized carbons (Fsp3) is 0.350. The van der Waals surface area contributed by atoms with Crippen LogP contribution < -0.4 is 4.74 Å². The van der Waals surface area contributed by atoms with Gasteiger partial charge in [-0.1, -0.05) is 18.2 Å². The topological polar surface area (TPSA) is 38.8 Å². The molecule has 138 valence electrons. The van der Waals surface area contributed by atoms with Crippen molar-refractivity contribution >= 4 is 5.91 Å². The Labute approximate surface area is 151 Å². The third kappa shape index (κ3) is 4.02. The van der Waals surface area contributed by atoms with Gasteiger partial charge in [-0.15, -0.1) is 0 Å². The van der Waals surface area contributed by atoms with E-state index in [0.717, 1.165) is 24.3 Å². The van der Waals surface area contributed by atoms with Gasteiger partial charge in [-0.2, -0.15) is 0 Å². The molecule has 0 radical (unpaired) electrons. The number of hydrogen-bond acceptors (Lipinski definition) is 3. The lowest BCUT2D eigenvalue weighted by Crippen LogP contribution is -2.54. The van der Waals surface area contributed by atoms with Crippen molar-refractivity contribution in [2.45, 2.75) is 18.4 Å². The summed E-state index contributed by atoms with van der Waals surface area (Å²) in [6.45, 7) is 1.06. The van der Waals surface area contributed by atoms with Crippen LogP contribution in [0.1, 0.15) is 23.2 Å². The Morgan fingerprint density at radius 3 is 2.65 bits per heavy atom. The molecule has 4 nitrogen and oxygen atoms in total. The number of likely N-dealkylation sites (tertiary alicyclic amines) is 1. The number of carbonyl (C=O) groups is 1. The van der Waals surface area contributed by atoms with Crippen LogP contribution in [0.15, 0.2) is 48.5 Å². The molecule has 1 atom stereocenters. The number of halogens is 2. The Morgan fingerprint density at radius 1 is 1.19 bits per heavy atom. The van der Waals surface area contributed by atoms with E-state index < -0.39 is 23.1 Å². The quantitative estimate of drug-likeness (QED) is 0.816. The summed E-state index contributed by atoms with van der Waals surface area (Å²) in [5.74, 6) is -1.32. The monoisotopic (exact) mass is 361 g/mol. The zero-order valence-electron chi connectivity index (χ0n) is 14.6. The van der Waals surface area contributed by atoms with Gasteiger partial charge < -0.3 is 14.4 Å². The number of para-hydroxylation sites is 1. The van der Waals surface area contributed by atoms with Crippen molar-refractivity contribution in [2.75, 3.05) is 26.8 Å². The first-order valence-electron chi connectivity index (χ1n) is 8.50. The number of carbonyl (C=O) groups excluding carboxylic acids is 1. The first-order valence-corrected chi connectivity index (χ1v) is 8.50. The van der Waals surface area contributed by atoms with Gasteiger partial charge in [-0.25, -0.2) is 8.78 Å². The SMILES string of the molecule is COC1(COc2ccccc2)CCCN(C(=O)c2ccc(F)cc2F)C1. The van der Waals surface area contributed by atoms with Crippen molar-refractivity contribution in [3.63, 3.8) is 0 Å². The van der Waals surface area contributed by atoms with Gasteiger partial charge in [0.2, 0.25) is 0 Å². The zero-order chi connectivity index (χ0) is 18.6. The van der Waals surface area contributed by atoms with Crippen LogP contribution in [0, 0.1) is 11.6 Å². The van der Waals surface area contributed by atoms with Gasteiger partial charge in [-0.05, 0) is 37.1 Å². The summed E-state index contributed by atoms with van der Waals surface area (Å²) in [4.78, 5) is 14.2. The van der Waals surface area contributed by atoms with Crippen LogP contribution in [0.3, 0.4) is 0 Å². The van der Waals surface area contributed by atoms with E-state index in [-0.39, 0.29) is 18.7 Å². The Kier molecular flexibility index (Phi) is 5.52. The predicted molar refractivity (Wildman–Crippen MR) is 93.2 cm³/mol. The molecule has 1 saturated heterocycles. The van der Waals surface area contributed by atoms with Crippen LogP contribution in [0.2, 0.25) is 0 Å². The summed E-state index contributed by atoms with van der Waals surface area (Å²) in [5, 5.41) is 0. The normalized spacial score (nSPS) is 20.0. The summed E-state index contributed by atoms with van der Waals surface area (Å²) < 4.78 is 38.6. The standard InChI is InChI=1S/C20H21F2NO3/c1-25-20(14-26-16-6-3-2-4-7-16)10-5-11-23(13-20)19(24)17-9-8-15(21)12-18(17)22/h2-4,6-9,12H,5,10-11,13-14H2,1H3. The second-order valence-corrected chi connectivity index (χ2v) is 6.44. The minimum Gasteiger partial charge on any atom is -0.491 e. The number of ether oxygens (including phenoxy) is 2. The molecule has 1 fully saturated rings. The van der Waals surface area contributed by atoms with Crippen LogP contribution in [-0.4, -0.2) is 43.2 Å². The molecule has 0 aromatic heterocycles. The molecule has 0 N–H and O–H groups in total. The molecular weight excluding hydrogens is 340 g/mol. The van der Waals surface area contributed by atoms with Crippen LogP contribution in [0.4, 0.5) is 8.78 Å². The average molecular weight is 361 g/mol. The number of rotatable bonds is 5. The molecule has 0 saturated carbocycles. The number of benzene rings is 2. The number of hydrogen-bond donors (Lipinski definition) is 0. The summed E-state index contributed by atoms with van der Waals surface area (Å²) in [6.07, 6.45) is 1.44. The van der Waals surface area contributed by atoms with Crippen molar-refractivity contribution in [2.24, 2.45) is 0 Å². The largest absolute Gasteiger partial charge is 0.491 e. The molecule has 3 rings (SSSR count). The van der Waals surface area contributed by atoms with Crippen molar-refractivity contribution in [3.05, 3.63) is 65.7 Å². The minimum absolute atomic E-state index is 0.137. The van der Waals surface area contributed by atoms with E-state index in [0.29, 0.717) is 13.0 Å². The first kappa shape index (κ1) is 18.3. The second-order valence-electron chi connectivity index (χ2n) is 6.44. The molecule has 0 bridgehead atoms. The molecule has 26 heavy (non-hydrogen) atoms. The van der Waals surface area contributed by atoms with Gasteiger partial charge in [-0.3, -0.25) is 4.79 Å². The van der Waals surface area contributed by atoms with Crippen LogP contribution in [-0.2, 0) is 4.74 Å². The number of methoxy groups -OCH3 is 1. The van der Waals surface area contributed by atoms with E-state index in [2.05, 4.69) is 0 Å². The third-order valence-electron chi connectivity index (χ3n) is 4.67. The molecule has 1 amide bonds. The average Bonchev–Trinajstić information content (AvgIpc) is 2.67. The molecule has 1 heterocycles. The summed E-state index contributed by atoms with van der Waals surface area (Å²) >= 11 is 0. The fourth-order valence-electron chi connectivity index (χ4n) is 3.18. The van der Waals surface area contributed by atoms with E-state index >= 15 is 0 Å². The Morgan fingerprint density at radius 2 is 1.96 bits per heavy atom. The maximum absolute atomic E-state index is 14.0. The lowest BCUT2D eigenvalue weighted by Gasteiger charge is -2.41. The van der Waals surface area contributed by atoms with Crippen molar-refractivity contribution in [1.82, 2.24) is 4.90 Å². The van der Waals surface area contributed by atoms with Gasteiger partial charge in [0.1, 0.15) is 29.6 Å². The van der Waals surface area contributed by atoms with Gasteiger partial charge in [0.25, 0.3) is 5.91 Å². The Bertz CT molecular complexity index is 769. The van der Waals surface area contributed by atoms with E-state index in [4.69, 9.17) is 9.47 Å².